The zero-order valence-electron chi connectivity index (χ0n) is 10.1. The van der Waals surface area contributed by atoms with Crippen LogP contribution in [0.1, 0.15) is 31.9 Å². The van der Waals surface area contributed by atoms with Crippen LogP contribution in [-0.4, -0.2) is 15.0 Å². The fourth-order valence-corrected chi connectivity index (χ4v) is 2.27. The van der Waals surface area contributed by atoms with E-state index >= 15 is 0 Å². The Kier molecular flexibility index (Phi) is 4.92. The van der Waals surface area contributed by atoms with Gasteiger partial charge >= 0.3 is 0 Å². The summed E-state index contributed by atoms with van der Waals surface area (Å²) in [6.45, 7) is 4.20. The summed E-state index contributed by atoms with van der Waals surface area (Å²) < 4.78 is 27.9. The molecule has 1 aromatic rings. The van der Waals surface area contributed by atoms with Crippen LogP contribution < -0.4 is 15.2 Å². The van der Waals surface area contributed by atoms with Crippen LogP contribution in [0, 0.1) is 0 Å². The number of rotatable bonds is 6. The molecule has 0 aromatic heterocycles. The molecule has 0 spiro atoms. The Morgan fingerprint density at radius 3 is 2.35 bits per heavy atom. The molecule has 96 valence electrons. The monoisotopic (exact) mass is 257 g/mol. The molecule has 0 radical (unpaired) electrons. The Morgan fingerprint density at radius 1 is 1.29 bits per heavy atom. The van der Waals surface area contributed by atoms with Gasteiger partial charge in [0.15, 0.2) is 0 Å². The van der Waals surface area contributed by atoms with Gasteiger partial charge in [-0.3, -0.25) is 4.72 Å². The van der Waals surface area contributed by atoms with Crippen molar-refractivity contribution in [1.29, 1.82) is 0 Å². The van der Waals surface area contributed by atoms with E-state index in [4.69, 9.17) is 5.73 Å². The number of anilines is 1. The van der Waals surface area contributed by atoms with Gasteiger partial charge in [-0.1, -0.05) is 19.1 Å². The van der Waals surface area contributed by atoms with Crippen molar-refractivity contribution in [3.05, 3.63) is 29.8 Å². The van der Waals surface area contributed by atoms with Crippen molar-refractivity contribution in [3.63, 3.8) is 0 Å². The second-order valence-electron chi connectivity index (χ2n) is 3.91. The fourth-order valence-electron chi connectivity index (χ4n) is 1.28. The van der Waals surface area contributed by atoms with E-state index in [9.17, 15) is 8.42 Å². The molecule has 1 unspecified atom stereocenters. The van der Waals surface area contributed by atoms with Crippen LogP contribution >= 0.6 is 0 Å². The van der Waals surface area contributed by atoms with E-state index in [-0.39, 0.29) is 6.04 Å². The highest BCUT2D eigenvalue weighted by Crippen LogP contribution is 2.14. The molecule has 6 heteroatoms. The third-order valence-electron chi connectivity index (χ3n) is 2.23. The molecule has 0 aliphatic heterocycles. The van der Waals surface area contributed by atoms with Gasteiger partial charge in [0, 0.05) is 18.3 Å². The molecule has 0 bridgehead atoms. The first-order valence-electron chi connectivity index (χ1n) is 5.57. The van der Waals surface area contributed by atoms with Gasteiger partial charge < -0.3 is 5.73 Å². The SMILES string of the molecule is CCCNS(=O)(=O)Nc1ccc(C(C)N)cc1. The molecule has 0 aliphatic carbocycles. The van der Waals surface area contributed by atoms with Crippen molar-refractivity contribution in [3.8, 4) is 0 Å². The van der Waals surface area contributed by atoms with Gasteiger partial charge in [0.05, 0.1) is 0 Å². The minimum atomic E-state index is -3.46. The van der Waals surface area contributed by atoms with Crippen LogP contribution in [0.25, 0.3) is 0 Å². The molecular formula is C11H19N3O2S. The molecule has 17 heavy (non-hydrogen) atoms. The number of benzene rings is 1. The fraction of sp³-hybridized carbons (Fsp3) is 0.455. The highest BCUT2D eigenvalue weighted by Gasteiger charge is 2.08. The lowest BCUT2D eigenvalue weighted by molar-refractivity contribution is 0.586. The summed E-state index contributed by atoms with van der Waals surface area (Å²) in [6, 6.07) is 6.96. The van der Waals surface area contributed by atoms with Crippen LogP contribution in [0.4, 0.5) is 5.69 Å². The normalized spacial score (nSPS) is 13.4. The largest absolute Gasteiger partial charge is 0.324 e. The highest BCUT2D eigenvalue weighted by molar-refractivity contribution is 7.90. The van der Waals surface area contributed by atoms with Crippen molar-refractivity contribution < 1.29 is 8.42 Å². The van der Waals surface area contributed by atoms with Crippen molar-refractivity contribution in [2.45, 2.75) is 26.3 Å². The van der Waals surface area contributed by atoms with Crippen LogP contribution in [0.15, 0.2) is 24.3 Å². The van der Waals surface area contributed by atoms with Crippen LogP contribution in [0.2, 0.25) is 0 Å². The topological polar surface area (TPSA) is 84.2 Å². The average molecular weight is 257 g/mol. The van der Waals surface area contributed by atoms with E-state index in [1.54, 1.807) is 12.1 Å². The molecule has 4 N–H and O–H groups in total. The van der Waals surface area contributed by atoms with E-state index < -0.39 is 10.2 Å². The summed E-state index contributed by atoms with van der Waals surface area (Å²) in [7, 11) is -3.46. The van der Waals surface area contributed by atoms with E-state index in [1.165, 1.54) is 0 Å². The summed E-state index contributed by atoms with van der Waals surface area (Å²) in [5.41, 5.74) is 7.20. The Balaban J connectivity index is 2.69. The summed E-state index contributed by atoms with van der Waals surface area (Å²) >= 11 is 0. The molecule has 0 heterocycles. The standard InChI is InChI=1S/C11H19N3O2S/c1-3-8-13-17(15,16)14-11-6-4-10(5-7-11)9(2)12/h4-7,9,13-14H,3,8,12H2,1-2H3. The lowest BCUT2D eigenvalue weighted by Crippen LogP contribution is -2.30. The maximum absolute atomic E-state index is 11.5. The minimum Gasteiger partial charge on any atom is -0.324 e. The van der Waals surface area contributed by atoms with E-state index in [0.717, 1.165) is 12.0 Å². The number of hydrogen-bond acceptors (Lipinski definition) is 3. The van der Waals surface area contributed by atoms with Crippen molar-refractivity contribution in [1.82, 2.24) is 4.72 Å². The first-order chi connectivity index (χ1) is 7.94. The van der Waals surface area contributed by atoms with E-state index in [2.05, 4.69) is 9.44 Å². The molecule has 1 rings (SSSR count). The van der Waals surface area contributed by atoms with Gasteiger partial charge in [-0.05, 0) is 31.0 Å². The number of nitrogens with two attached hydrogens (primary N) is 1. The number of nitrogens with one attached hydrogen (secondary N) is 2. The number of hydrogen-bond donors (Lipinski definition) is 3. The lowest BCUT2D eigenvalue weighted by Gasteiger charge is -2.10. The first-order valence-corrected chi connectivity index (χ1v) is 7.06. The summed E-state index contributed by atoms with van der Waals surface area (Å²) in [5, 5.41) is 0. The molecular weight excluding hydrogens is 238 g/mol. The highest BCUT2D eigenvalue weighted by atomic mass is 32.2. The zero-order valence-corrected chi connectivity index (χ0v) is 10.9. The van der Waals surface area contributed by atoms with Crippen molar-refractivity contribution >= 4 is 15.9 Å². The predicted octanol–water partition coefficient (Wildman–Crippen LogP) is 1.36. The van der Waals surface area contributed by atoms with E-state index in [0.29, 0.717) is 12.2 Å². The Bertz CT molecular complexity index is 440. The van der Waals surface area contributed by atoms with Crippen LogP contribution in [-0.2, 0) is 10.2 Å². The maximum Gasteiger partial charge on any atom is 0.299 e. The Morgan fingerprint density at radius 2 is 1.88 bits per heavy atom. The summed E-state index contributed by atoms with van der Waals surface area (Å²) in [6.07, 6.45) is 0.755. The van der Waals surface area contributed by atoms with Crippen LogP contribution in [0.3, 0.4) is 0 Å². The molecule has 5 nitrogen and oxygen atoms in total. The Hall–Kier alpha value is -1.11. The van der Waals surface area contributed by atoms with Gasteiger partial charge in [0.2, 0.25) is 0 Å². The first kappa shape index (κ1) is 14.0. The average Bonchev–Trinajstić information content (AvgIpc) is 2.26. The maximum atomic E-state index is 11.5. The lowest BCUT2D eigenvalue weighted by atomic mass is 10.1. The minimum absolute atomic E-state index is 0.0566. The molecule has 0 saturated carbocycles. The predicted molar refractivity (Wildman–Crippen MR) is 69.9 cm³/mol. The Labute approximate surface area is 103 Å². The van der Waals surface area contributed by atoms with Gasteiger partial charge in [0.25, 0.3) is 10.2 Å². The van der Waals surface area contributed by atoms with Crippen LogP contribution in [0.5, 0.6) is 0 Å². The van der Waals surface area contributed by atoms with Gasteiger partial charge in [-0.25, -0.2) is 0 Å². The summed E-state index contributed by atoms with van der Waals surface area (Å²) in [4.78, 5) is 0. The van der Waals surface area contributed by atoms with Gasteiger partial charge in [0.1, 0.15) is 0 Å². The zero-order chi connectivity index (χ0) is 12.9. The van der Waals surface area contributed by atoms with Crippen molar-refractivity contribution in [2.75, 3.05) is 11.3 Å². The van der Waals surface area contributed by atoms with Crippen molar-refractivity contribution in [2.24, 2.45) is 5.73 Å². The van der Waals surface area contributed by atoms with E-state index in [1.807, 2.05) is 26.0 Å². The van der Waals surface area contributed by atoms with Gasteiger partial charge in [-0.2, -0.15) is 13.1 Å². The van der Waals surface area contributed by atoms with Gasteiger partial charge in [-0.15, -0.1) is 0 Å². The second kappa shape index (κ2) is 6.00. The molecule has 0 amide bonds. The molecule has 0 aliphatic rings. The molecule has 1 aromatic carbocycles. The summed E-state index contributed by atoms with van der Waals surface area (Å²) in [5.74, 6) is 0. The molecule has 0 fully saturated rings. The molecule has 0 saturated heterocycles. The third kappa shape index (κ3) is 4.72. The third-order valence-corrected chi connectivity index (χ3v) is 3.32. The molecule has 1 atom stereocenters. The smallest absolute Gasteiger partial charge is 0.299 e. The quantitative estimate of drug-likeness (QED) is 0.719. The second-order valence-corrected chi connectivity index (χ2v) is 5.41.